The summed E-state index contributed by atoms with van der Waals surface area (Å²) < 4.78 is 158. The number of benzene rings is 6. The molecule has 1 N–H and O–H groups in total. The number of nitrogens with zero attached hydrogens (tertiary/aromatic N) is 3. The molecule has 4 nitrogen and oxygen atoms in total. The van der Waals surface area contributed by atoms with Gasteiger partial charge in [-0.25, -0.2) is 4.98 Å². The van der Waals surface area contributed by atoms with Crippen LogP contribution in [0.5, 0.6) is 5.75 Å². The number of aromatic nitrogens is 3. The summed E-state index contributed by atoms with van der Waals surface area (Å²) in [6, 6.07) is 26.3. The molecular weight excluding hydrogens is 1010 g/mol. The standard InChI is InChI=1S/C63H70N3O.Pt/c1-37(2)45-28-46(38(3)4)30-48(29-45)43-21-24-57(41(9)27-43)66-58-18-16-17-53(59(58)65-61(66)55-35-47(39(5)6)34-54(40(7)8)60(55)67)49-31-50(33-52(32-49)63(13,14)15)56-36-44(25-26-64-56)42-19-22-51(23-20-42)62(10,11)12;/h16-30,32-40,67H,1-15H3;/q-1;/i9D3,10D3,11D3,12D3,19D,20D,22D,23D,37D,38D;. The smallest absolute Gasteiger partial charge is 0.148 e. The van der Waals surface area contributed by atoms with Gasteiger partial charge in [0.25, 0.3) is 0 Å². The van der Waals surface area contributed by atoms with Crippen LogP contribution in [0.15, 0.2) is 121 Å². The first-order valence-corrected chi connectivity index (χ1v) is 22.7. The van der Waals surface area contributed by atoms with Crippen LogP contribution < -0.4 is 0 Å². The Morgan fingerprint density at radius 2 is 1.32 bits per heavy atom. The Kier molecular flexibility index (Phi) is 9.01. The van der Waals surface area contributed by atoms with Crippen LogP contribution in [0.3, 0.4) is 0 Å². The van der Waals surface area contributed by atoms with Crippen molar-refractivity contribution in [2.45, 2.75) is 138 Å². The maximum absolute atomic E-state index is 12.4. The molecule has 8 aromatic rings. The molecular formula is C63H70N3OPt-. The molecule has 8 rings (SSSR count). The van der Waals surface area contributed by atoms with Gasteiger partial charge >= 0.3 is 0 Å². The van der Waals surface area contributed by atoms with Crippen molar-refractivity contribution in [3.63, 3.8) is 0 Å². The van der Waals surface area contributed by atoms with Gasteiger partial charge in [-0.15, -0.1) is 29.3 Å². The fourth-order valence-corrected chi connectivity index (χ4v) is 8.31. The summed E-state index contributed by atoms with van der Waals surface area (Å²) in [7, 11) is 0. The second kappa shape index (κ2) is 19.4. The van der Waals surface area contributed by atoms with E-state index in [1.165, 1.54) is 18.3 Å². The SMILES string of the molecule is [2H]c1c([2H])c(C(C([2H])([2H])[2H])(C([2H])([2H])[2H])C([2H])([2H])[2H])c([2H])c([2H])c1-c1ccnc(-c2[c-]c(-c3cccc4c3nc(-c3cc(C(C)C)cc(C(C)C)c3O)n4-c3ccc(-c4cc(C([2H])(C)C)cc(C([2H])(C)C)c4)cc3C([2H])([2H])[2H])cc(C(C)(C)C)c2)c1.[Pt]. The number of hydrogen-bond donors (Lipinski definition) is 1. The van der Waals surface area contributed by atoms with Crippen molar-refractivity contribution < 1.29 is 50.8 Å². The van der Waals surface area contributed by atoms with Crippen molar-refractivity contribution in [3.05, 3.63) is 166 Å². The molecule has 0 amide bonds. The summed E-state index contributed by atoms with van der Waals surface area (Å²) in [5, 5.41) is 12.4. The summed E-state index contributed by atoms with van der Waals surface area (Å²) in [5.74, 6) is -1.97. The quantitative estimate of drug-likeness (QED) is 0.139. The maximum atomic E-state index is 12.4. The Morgan fingerprint density at radius 3 is 1.94 bits per heavy atom. The van der Waals surface area contributed by atoms with E-state index in [2.05, 4.69) is 11.1 Å². The zero-order chi connectivity index (χ0) is 63.6. The number of pyridine rings is 1. The minimum atomic E-state index is -3.85. The van der Waals surface area contributed by atoms with Crippen molar-refractivity contribution in [2.75, 3.05) is 0 Å². The minimum Gasteiger partial charge on any atom is -0.507 e. The number of hydrogen-bond acceptors (Lipinski definition) is 3. The van der Waals surface area contributed by atoms with Gasteiger partial charge in [-0.3, -0.25) is 9.55 Å². The zero-order valence-corrected chi connectivity index (χ0v) is 42.8. The van der Waals surface area contributed by atoms with E-state index in [-0.39, 0.29) is 72.5 Å². The van der Waals surface area contributed by atoms with Crippen LogP contribution in [0.25, 0.3) is 72.7 Å². The van der Waals surface area contributed by atoms with Gasteiger partial charge in [0.1, 0.15) is 11.6 Å². The van der Waals surface area contributed by atoms with Crippen molar-refractivity contribution >= 4 is 11.0 Å². The molecule has 2 aromatic heterocycles. The Labute approximate surface area is 446 Å². The number of imidazole rings is 1. The molecule has 0 spiro atoms. The molecule has 68 heavy (non-hydrogen) atoms. The monoisotopic (exact) mass is 1100 g/mol. The molecule has 0 fully saturated rings. The van der Waals surface area contributed by atoms with Crippen LogP contribution in [0.1, 0.15) is 184 Å². The number of rotatable bonds is 10. The van der Waals surface area contributed by atoms with Crippen molar-refractivity contribution in [1.82, 2.24) is 14.5 Å². The fourth-order valence-electron chi connectivity index (χ4n) is 8.31. The van der Waals surface area contributed by atoms with Gasteiger partial charge in [0.15, 0.2) is 0 Å². The summed E-state index contributed by atoms with van der Waals surface area (Å²) >= 11 is 0. The number of para-hydroxylation sites is 1. The van der Waals surface area contributed by atoms with E-state index < -0.39 is 79.8 Å². The molecule has 0 radical (unpaired) electrons. The van der Waals surface area contributed by atoms with Gasteiger partial charge in [0.2, 0.25) is 0 Å². The Hall–Kier alpha value is -5.57. The summed E-state index contributed by atoms with van der Waals surface area (Å²) in [5.41, 5.74) is 2.14. The minimum absolute atomic E-state index is 0. The Balaban J connectivity index is 0.0000106. The Bertz CT molecular complexity index is 3830. The van der Waals surface area contributed by atoms with Crippen LogP contribution in [-0.4, -0.2) is 19.6 Å². The van der Waals surface area contributed by atoms with E-state index in [9.17, 15) is 5.11 Å². The second-order valence-electron chi connectivity index (χ2n) is 19.7. The predicted octanol–water partition coefficient (Wildman–Crippen LogP) is 17.7. The van der Waals surface area contributed by atoms with Gasteiger partial charge in [-0.05, 0) is 127 Å². The molecule has 0 saturated heterocycles. The molecule has 0 aliphatic rings. The topological polar surface area (TPSA) is 50.9 Å². The molecule has 0 aliphatic heterocycles. The van der Waals surface area contributed by atoms with E-state index in [4.69, 9.17) is 29.7 Å². The number of phenolic OH excluding ortho intramolecular Hbond substituents is 1. The van der Waals surface area contributed by atoms with Crippen LogP contribution in [-0.2, 0) is 31.9 Å². The molecule has 0 unspecified atom stereocenters. The summed E-state index contributed by atoms with van der Waals surface area (Å²) in [6.45, 7) is 6.84. The van der Waals surface area contributed by atoms with Gasteiger partial charge in [-0.2, -0.15) is 0 Å². The number of fused-ring (bicyclic) bond motifs is 1. The molecule has 6 aromatic carbocycles. The van der Waals surface area contributed by atoms with Crippen molar-refractivity contribution in [1.29, 1.82) is 0 Å². The molecule has 354 valence electrons. The molecule has 2 heterocycles. The van der Waals surface area contributed by atoms with E-state index in [0.717, 1.165) is 11.1 Å². The number of aromatic hydroxyl groups is 1. The van der Waals surface area contributed by atoms with E-state index in [1.807, 2.05) is 115 Å². The van der Waals surface area contributed by atoms with Crippen molar-refractivity contribution in [3.8, 4) is 67.5 Å². The van der Waals surface area contributed by atoms with Crippen LogP contribution in [0.4, 0.5) is 0 Å². The third-order valence-corrected chi connectivity index (χ3v) is 12.4. The average Bonchev–Trinajstić information content (AvgIpc) is 0.744. The first-order valence-electron chi connectivity index (χ1n) is 31.7. The molecule has 0 atom stereocenters. The first-order chi connectivity index (χ1) is 38.8. The third-order valence-electron chi connectivity index (χ3n) is 12.4. The zero-order valence-electron chi connectivity index (χ0n) is 58.5. The number of phenols is 1. The number of aryl methyl sites for hydroxylation is 1. The molecule has 5 heteroatoms. The van der Waals surface area contributed by atoms with E-state index >= 15 is 0 Å². The van der Waals surface area contributed by atoms with Crippen LogP contribution in [0.2, 0.25) is 0 Å². The summed E-state index contributed by atoms with van der Waals surface area (Å²) in [6.07, 6.45) is 1.37. The average molecular weight is 1100 g/mol. The molecule has 0 aliphatic carbocycles. The fraction of sp³-hybridized carbons (Fsp3) is 0.333. The van der Waals surface area contributed by atoms with E-state index in [0.29, 0.717) is 61.1 Å². The Morgan fingerprint density at radius 1 is 0.647 bits per heavy atom. The van der Waals surface area contributed by atoms with Crippen LogP contribution in [0, 0.1) is 12.9 Å². The molecule has 0 saturated carbocycles. The predicted molar refractivity (Wildman–Crippen MR) is 285 cm³/mol. The van der Waals surface area contributed by atoms with Gasteiger partial charge < -0.3 is 5.11 Å². The maximum Gasteiger partial charge on any atom is 0.148 e. The van der Waals surface area contributed by atoms with Gasteiger partial charge in [0.05, 0.1) is 27.8 Å². The summed E-state index contributed by atoms with van der Waals surface area (Å²) in [4.78, 5) is 10.1. The largest absolute Gasteiger partial charge is 0.507 e. The van der Waals surface area contributed by atoms with E-state index in [1.54, 1.807) is 44.4 Å². The normalized spacial score (nSPS) is 17.1. The van der Waals surface area contributed by atoms with Gasteiger partial charge in [0, 0.05) is 52.1 Å². The molecule has 0 bridgehead atoms. The van der Waals surface area contributed by atoms with Gasteiger partial charge in [-0.1, -0.05) is 181 Å². The van der Waals surface area contributed by atoms with Crippen LogP contribution >= 0.6 is 0 Å². The second-order valence-corrected chi connectivity index (χ2v) is 19.7. The first kappa shape index (κ1) is 31.5. The van der Waals surface area contributed by atoms with Crippen molar-refractivity contribution in [2.24, 2.45) is 0 Å². The third kappa shape index (κ3) is 10.1.